The Kier molecular flexibility index (Phi) is 3.96. The minimum Gasteiger partial charge on any atom is -0.0847 e. The molecule has 0 heterocycles. The molecule has 1 aliphatic carbocycles. The summed E-state index contributed by atoms with van der Waals surface area (Å²) in [6, 6.07) is 8.10. The van der Waals surface area contributed by atoms with Gasteiger partial charge < -0.3 is 0 Å². The molecule has 0 amide bonds. The molecule has 0 radical (unpaired) electrons. The van der Waals surface area contributed by atoms with Gasteiger partial charge in [0.1, 0.15) is 0 Å². The molecule has 0 saturated heterocycles. The van der Waals surface area contributed by atoms with E-state index >= 15 is 0 Å². The molecule has 0 saturated carbocycles. The Hall–Kier alpha value is -0.720. The highest BCUT2D eigenvalue weighted by Gasteiger charge is 2.21. The summed E-state index contributed by atoms with van der Waals surface area (Å²) in [7, 11) is 0. The largest absolute Gasteiger partial charge is 0.0847 e. The number of hydrogen-bond acceptors (Lipinski definition) is 0. The highest BCUT2D eigenvalue weighted by Crippen LogP contribution is 2.34. The first-order valence-electron chi connectivity index (χ1n) is 5.87. The molecule has 0 bridgehead atoms. The summed E-state index contributed by atoms with van der Waals surface area (Å²) in [6.07, 6.45) is 9.56. The van der Waals surface area contributed by atoms with Gasteiger partial charge in [-0.05, 0) is 48.4 Å². The van der Waals surface area contributed by atoms with Crippen LogP contribution in [0.3, 0.4) is 0 Å². The minimum atomic E-state index is 0.234. The zero-order valence-corrected chi connectivity index (χ0v) is 11.4. The predicted molar refractivity (Wildman–Crippen MR) is 75.6 cm³/mol. The Bertz CT molecular complexity index is 442. The third-order valence-corrected chi connectivity index (χ3v) is 3.84. The summed E-state index contributed by atoms with van der Waals surface area (Å²) < 4.78 is 0. The van der Waals surface area contributed by atoms with Crippen LogP contribution in [0, 0.1) is 5.41 Å². The Balaban J connectivity index is 1.94. The van der Waals surface area contributed by atoms with Gasteiger partial charge in [-0.1, -0.05) is 54.4 Å². The summed E-state index contributed by atoms with van der Waals surface area (Å²) in [5, 5.41) is 1.65. The van der Waals surface area contributed by atoms with E-state index in [1.54, 1.807) is 0 Å². The van der Waals surface area contributed by atoms with Gasteiger partial charge >= 0.3 is 0 Å². The molecular formula is C15H16Cl2. The van der Waals surface area contributed by atoms with Crippen molar-refractivity contribution in [3.8, 4) is 0 Å². The van der Waals surface area contributed by atoms with Gasteiger partial charge in [0, 0.05) is 10.1 Å². The Morgan fingerprint density at radius 2 is 1.88 bits per heavy atom. The van der Waals surface area contributed by atoms with E-state index in [2.05, 4.69) is 31.2 Å². The fourth-order valence-corrected chi connectivity index (χ4v) is 2.28. The molecule has 1 aromatic carbocycles. The molecule has 0 nitrogen and oxygen atoms in total. The highest BCUT2D eigenvalue weighted by atomic mass is 35.5. The first-order valence-corrected chi connectivity index (χ1v) is 6.62. The van der Waals surface area contributed by atoms with Crippen LogP contribution in [-0.4, -0.2) is 0 Å². The number of benzene rings is 1. The number of hydrogen-bond donors (Lipinski definition) is 0. The second-order valence-corrected chi connectivity index (χ2v) is 5.78. The third kappa shape index (κ3) is 3.62. The van der Waals surface area contributed by atoms with Gasteiger partial charge in [0.2, 0.25) is 0 Å². The van der Waals surface area contributed by atoms with Gasteiger partial charge in [0.05, 0.1) is 0 Å². The topological polar surface area (TPSA) is 0 Å². The Morgan fingerprint density at radius 3 is 2.47 bits per heavy atom. The van der Waals surface area contributed by atoms with Crippen LogP contribution in [0.5, 0.6) is 0 Å². The molecule has 17 heavy (non-hydrogen) atoms. The van der Waals surface area contributed by atoms with Crippen molar-refractivity contribution >= 4 is 23.2 Å². The van der Waals surface area contributed by atoms with Crippen molar-refractivity contribution in [2.24, 2.45) is 5.41 Å². The summed E-state index contributed by atoms with van der Waals surface area (Å²) in [6.45, 7) is 2.28. The predicted octanol–water partition coefficient (Wildman–Crippen LogP) is 5.36. The average Bonchev–Trinajstić information content (AvgIpc) is 2.33. The molecule has 0 aromatic heterocycles. The molecule has 0 fully saturated rings. The van der Waals surface area contributed by atoms with Crippen LogP contribution in [0.2, 0.25) is 5.02 Å². The standard InChI is InChI=1S/C15H16Cl2/c1-15(10-7-14(17)8-11-15)9-6-12-2-4-13(16)5-3-12/h2-5,7-8,10H,6,9,11H2,1H3. The fourth-order valence-electron chi connectivity index (χ4n) is 2.01. The fraction of sp³-hybridized carbons (Fsp3) is 0.333. The van der Waals surface area contributed by atoms with E-state index in [1.807, 2.05) is 18.2 Å². The van der Waals surface area contributed by atoms with E-state index in [0.29, 0.717) is 0 Å². The number of aryl methyl sites for hydroxylation is 1. The number of halogens is 2. The minimum absolute atomic E-state index is 0.234. The molecular weight excluding hydrogens is 251 g/mol. The van der Waals surface area contributed by atoms with Gasteiger partial charge in [0.25, 0.3) is 0 Å². The third-order valence-electron chi connectivity index (χ3n) is 3.31. The van der Waals surface area contributed by atoms with Crippen LogP contribution in [0.25, 0.3) is 0 Å². The lowest BCUT2D eigenvalue weighted by atomic mass is 9.79. The van der Waals surface area contributed by atoms with Crippen molar-refractivity contribution in [2.75, 3.05) is 0 Å². The van der Waals surface area contributed by atoms with E-state index in [-0.39, 0.29) is 5.41 Å². The van der Waals surface area contributed by atoms with Gasteiger partial charge in [-0.3, -0.25) is 0 Å². The number of allylic oxidation sites excluding steroid dienone is 4. The molecule has 90 valence electrons. The maximum absolute atomic E-state index is 5.94. The smallest absolute Gasteiger partial charge is 0.0406 e. The Morgan fingerprint density at radius 1 is 1.18 bits per heavy atom. The normalized spacial score (nSPS) is 23.6. The van der Waals surface area contributed by atoms with Crippen molar-refractivity contribution in [3.63, 3.8) is 0 Å². The van der Waals surface area contributed by atoms with E-state index in [9.17, 15) is 0 Å². The van der Waals surface area contributed by atoms with Crippen LogP contribution in [0.4, 0.5) is 0 Å². The maximum Gasteiger partial charge on any atom is 0.0406 e. The molecule has 1 atom stereocenters. The molecule has 0 aliphatic heterocycles. The van der Waals surface area contributed by atoms with E-state index in [4.69, 9.17) is 23.2 Å². The highest BCUT2D eigenvalue weighted by molar-refractivity contribution is 6.31. The lowest BCUT2D eigenvalue weighted by Crippen LogP contribution is -2.15. The zero-order chi connectivity index (χ0) is 12.3. The molecule has 2 heteroatoms. The second kappa shape index (κ2) is 5.29. The average molecular weight is 267 g/mol. The first-order chi connectivity index (χ1) is 8.07. The van der Waals surface area contributed by atoms with Gasteiger partial charge in [-0.2, -0.15) is 0 Å². The van der Waals surface area contributed by atoms with Crippen molar-refractivity contribution < 1.29 is 0 Å². The summed E-state index contributed by atoms with van der Waals surface area (Å²) in [4.78, 5) is 0. The van der Waals surface area contributed by atoms with E-state index < -0.39 is 0 Å². The second-order valence-electron chi connectivity index (χ2n) is 4.91. The van der Waals surface area contributed by atoms with Crippen LogP contribution in [-0.2, 0) is 6.42 Å². The van der Waals surface area contributed by atoms with Crippen molar-refractivity contribution in [1.82, 2.24) is 0 Å². The lowest BCUT2D eigenvalue weighted by Gasteiger charge is -2.27. The maximum atomic E-state index is 5.94. The van der Waals surface area contributed by atoms with Gasteiger partial charge in [0.15, 0.2) is 0 Å². The van der Waals surface area contributed by atoms with Gasteiger partial charge in [-0.15, -0.1) is 0 Å². The van der Waals surface area contributed by atoms with Gasteiger partial charge in [-0.25, -0.2) is 0 Å². The summed E-state index contributed by atoms with van der Waals surface area (Å²) in [5.74, 6) is 0. The van der Waals surface area contributed by atoms with Crippen molar-refractivity contribution in [3.05, 3.63) is 58.1 Å². The quantitative estimate of drug-likeness (QED) is 0.691. The molecule has 0 N–H and O–H groups in total. The summed E-state index contributed by atoms with van der Waals surface area (Å²) in [5.41, 5.74) is 1.57. The van der Waals surface area contributed by atoms with Crippen molar-refractivity contribution in [1.29, 1.82) is 0 Å². The zero-order valence-electron chi connectivity index (χ0n) is 9.92. The monoisotopic (exact) mass is 266 g/mol. The molecule has 2 rings (SSSR count). The Labute approximate surface area is 113 Å². The van der Waals surface area contributed by atoms with Crippen LogP contribution in [0.15, 0.2) is 47.5 Å². The first kappa shape index (κ1) is 12.7. The van der Waals surface area contributed by atoms with Crippen LogP contribution < -0.4 is 0 Å². The van der Waals surface area contributed by atoms with Crippen molar-refractivity contribution in [2.45, 2.75) is 26.2 Å². The van der Waals surface area contributed by atoms with Crippen LogP contribution >= 0.6 is 23.2 Å². The molecule has 1 aromatic rings. The SMILES string of the molecule is CC1(CCc2ccc(Cl)cc2)C=CC(Cl)=CC1. The molecule has 1 aliphatic rings. The lowest BCUT2D eigenvalue weighted by molar-refractivity contribution is 0.393. The molecule has 1 unspecified atom stereocenters. The number of rotatable bonds is 3. The van der Waals surface area contributed by atoms with E-state index in [0.717, 1.165) is 29.3 Å². The summed E-state index contributed by atoms with van der Waals surface area (Å²) >= 11 is 11.8. The molecule has 0 spiro atoms. The van der Waals surface area contributed by atoms with E-state index in [1.165, 1.54) is 5.56 Å². The van der Waals surface area contributed by atoms with Crippen LogP contribution in [0.1, 0.15) is 25.3 Å².